The zero-order chi connectivity index (χ0) is 16.7. The van der Waals surface area contributed by atoms with Crippen LogP contribution in [0.3, 0.4) is 0 Å². The minimum Gasteiger partial charge on any atom is -0.481 e. The van der Waals surface area contributed by atoms with Crippen molar-refractivity contribution in [2.24, 2.45) is 17.8 Å². The second kappa shape index (κ2) is 6.11. The lowest BCUT2D eigenvalue weighted by Gasteiger charge is -2.27. The third kappa shape index (κ3) is 2.76. The molecule has 2 bridgehead atoms. The van der Waals surface area contributed by atoms with Gasteiger partial charge in [-0.3, -0.25) is 4.79 Å². The summed E-state index contributed by atoms with van der Waals surface area (Å²) in [5.74, 6) is -0.206. The van der Waals surface area contributed by atoms with Gasteiger partial charge in [-0.2, -0.15) is 0 Å². The highest BCUT2D eigenvalue weighted by Gasteiger charge is 2.41. The van der Waals surface area contributed by atoms with Crippen molar-refractivity contribution in [3.63, 3.8) is 0 Å². The third-order valence-electron chi connectivity index (χ3n) is 6.12. The van der Waals surface area contributed by atoms with Gasteiger partial charge in [-0.25, -0.2) is 4.79 Å². The Labute approximate surface area is 142 Å². The molecular weight excluding hydrogens is 304 g/mol. The summed E-state index contributed by atoms with van der Waals surface area (Å²) >= 11 is 0. The Morgan fingerprint density at radius 3 is 2.21 bits per heavy atom. The average Bonchev–Trinajstić information content (AvgIpc) is 3.13. The average molecular weight is 328 g/mol. The van der Waals surface area contributed by atoms with Crippen molar-refractivity contribution in [2.75, 3.05) is 13.1 Å². The molecule has 128 valence electrons. The molecule has 3 aliphatic rings. The number of hydrogen-bond acceptors (Lipinski definition) is 2. The maximum Gasteiger partial charge on any atom is 0.317 e. The van der Waals surface area contributed by atoms with Crippen molar-refractivity contribution in [3.05, 3.63) is 35.4 Å². The minimum atomic E-state index is -0.796. The van der Waals surface area contributed by atoms with Crippen molar-refractivity contribution < 1.29 is 14.7 Å². The summed E-state index contributed by atoms with van der Waals surface area (Å²) < 4.78 is 0. The molecule has 2 N–H and O–H groups in total. The molecule has 2 aliphatic carbocycles. The summed E-state index contributed by atoms with van der Waals surface area (Å²) in [6.45, 7) is 0.883. The van der Waals surface area contributed by atoms with E-state index in [1.54, 1.807) is 4.90 Å². The lowest BCUT2D eigenvalue weighted by molar-refractivity contribution is -0.141. The number of rotatable bonds is 2. The largest absolute Gasteiger partial charge is 0.481 e. The molecule has 2 fully saturated rings. The minimum absolute atomic E-state index is 0.0772. The molecule has 4 rings (SSSR count). The molecule has 1 aromatic rings. The van der Waals surface area contributed by atoms with Crippen molar-refractivity contribution in [1.29, 1.82) is 0 Å². The van der Waals surface area contributed by atoms with Gasteiger partial charge in [-0.1, -0.05) is 24.3 Å². The van der Waals surface area contributed by atoms with E-state index in [0.717, 1.165) is 12.8 Å². The van der Waals surface area contributed by atoms with Crippen molar-refractivity contribution in [2.45, 2.75) is 38.1 Å². The molecule has 1 saturated carbocycles. The Morgan fingerprint density at radius 2 is 1.67 bits per heavy atom. The van der Waals surface area contributed by atoms with E-state index in [0.29, 0.717) is 31.3 Å². The third-order valence-corrected chi connectivity index (χ3v) is 6.12. The van der Waals surface area contributed by atoms with Crippen LogP contribution in [-0.4, -0.2) is 41.1 Å². The number of aliphatic carboxylic acids is 1. The van der Waals surface area contributed by atoms with Crippen LogP contribution in [0.15, 0.2) is 24.3 Å². The monoisotopic (exact) mass is 328 g/mol. The molecule has 3 atom stereocenters. The first-order valence-electron chi connectivity index (χ1n) is 8.97. The van der Waals surface area contributed by atoms with Gasteiger partial charge < -0.3 is 15.3 Å². The number of benzene rings is 1. The molecule has 1 saturated heterocycles. The molecule has 2 amide bonds. The molecule has 3 unspecified atom stereocenters. The molecule has 24 heavy (non-hydrogen) atoms. The Morgan fingerprint density at radius 1 is 1.04 bits per heavy atom. The molecule has 0 aromatic heterocycles. The van der Waals surface area contributed by atoms with E-state index >= 15 is 0 Å². The van der Waals surface area contributed by atoms with Gasteiger partial charge >= 0.3 is 12.0 Å². The number of hydrogen-bond donors (Lipinski definition) is 2. The van der Waals surface area contributed by atoms with Crippen LogP contribution >= 0.6 is 0 Å². The normalized spacial score (nSPS) is 31.4. The maximum atomic E-state index is 12.6. The fourth-order valence-electron chi connectivity index (χ4n) is 4.77. The van der Waals surface area contributed by atoms with Gasteiger partial charge in [0.15, 0.2) is 0 Å². The molecule has 1 aliphatic heterocycles. The van der Waals surface area contributed by atoms with Crippen LogP contribution in [0.2, 0.25) is 0 Å². The molecule has 0 spiro atoms. The van der Waals surface area contributed by atoms with Crippen molar-refractivity contribution in [3.8, 4) is 0 Å². The molecule has 1 heterocycles. The van der Waals surface area contributed by atoms with Gasteiger partial charge in [0, 0.05) is 19.1 Å². The van der Waals surface area contributed by atoms with E-state index in [1.165, 1.54) is 24.0 Å². The van der Waals surface area contributed by atoms with Crippen molar-refractivity contribution in [1.82, 2.24) is 10.2 Å². The second-order valence-electron chi connectivity index (χ2n) is 7.52. The van der Waals surface area contributed by atoms with Crippen LogP contribution < -0.4 is 5.32 Å². The Balaban J connectivity index is 1.44. The predicted octanol–water partition coefficient (Wildman–Crippen LogP) is 2.30. The zero-order valence-corrected chi connectivity index (χ0v) is 13.8. The first kappa shape index (κ1) is 15.5. The quantitative estimate of drug-likeness (QED) is 0.875. The van der Waals surface area contributed by atoms with E-state index in [9.17, 15) is 9.59 Å². The summed E-state index contributed by atoms with van der Waals surface area (Å²) in [5, 5.41) is 12.4. The SMILES string of the molecule is O=C(O)C1CCN(C(=O)NC2C3CCC2Cc2ccccc2C3)C1. The van der Waals surface area contributed by atoms with E-state index in [1.807, 2.05) is 0 Å². The van der Waals surface area contributed by atoms with Gasteiger partial charge in [0.1, 0.15) is 0 Å². The van der Waals surface area contributed by atoms with E-state index in [2.05, 4.69) is 29.6 Å². The van der Waals surface area contributed by atoms with Gasteiger partial charge in [0.25, 0.3) is 0 Å². The second-order valence-corrected chi connectivity index (χ2v) is 7.52. The fraction of sp³-hybridized carbons (Fsp3) is 0.579. The molecule has 1 aromatic carbocycles. The highest BCUT2D eigenvalue weighted by atomic mass is 16.4. The van der Waals surface area contributed by atoms with Gasteiger partial charge in [-0.05, 0) is 55.1 Å². The first-order chi connectivity index (χ1) is 11.6. The number of nitrogens with zero attached hydrogens (tertiary/aromatic N) is 1. The number of carboxylic acid groups (broad SMARTS) is 1. The number of likely N-dealkylation sites (tertiary alicyclic amines) is 1. The maximum absolute atomic E-state index is 12.6. The highest BCUT2D eigenvalue weighted by molar-refractivity contribution is 5.77. The smallest absolute Gasteiger partial charge is 0.317 e. The lowest BCUT2D eigenvalue weighted by Crippen LogP contribution is -2.48. The molecular formula is C19H24N2O3. The van der Waals surface area contributed by atoms with Crippen LogP contribution in [0.25, 0.3) is 0 Å². The summed E-state index contributed by atoms with van der Waals surface area (Å²) in [6.07, 6.45) is 4.97. The zero-order valence-electron chi connectivity index (χ0n) is 13.8. The lowest BCUT2D eigenvalue weighted by atomic mass is 9.94. The Bertz CT molecular complexity index is 627. The molecule has 5 nitrogen and oxygen atoms in total. The van der Waals surface area contributed by atoms with Crippen LogP contribution in [0.5, 0.6) is 0 Å². The summed E-state index contributed by atoms with van der Waals surface area (Å²) in [7, 11) is 0. The summed E-state index contributed by atoms with van der Waals surface area (Å²) in [4.78, 5) is 25.4. The summed E-state index contributed by atoms with van der Waals surface area (Å²) in [6, 6.07) is 8.77. The van der Waals surface area contributed by atoms with E-state index in [4.69, 9.17) is 5.11 Å². The molecule has 5 heteroatoms. The summed E-state index contributed by atoms with van der Waals surface area (Å²) in [5.41, 5.74) is 2.85. The van der Waals surface area contributed by atoms with Gasteiger partial charge in [0.2, 0.25) is 0 Å². The van der Waals surface area contributed by atoms with Crippen LogP contribution in [0.1, 0.15) is 30.4 Å². The van der Waals surface area contributed by atoms with Crippen LogP contribution in [0, 0.1) is 17.8 Å². The predicted molar refractivity (Wildman–Crippen MR) is 89.7 cm³/mol. The Kier molecular flexibility index (Phi) is 3.94. The number of carboxylic acids is 1. The van der Waals surface area contributed by atoms with E-state index < -0.39 is 11.9 Å². The van der Waals surface area contributed by atoms with Gasteiger partial charge in [-0.15, -0.1) is 0 Å². The topological polar surface area (TPSA) is 69.6 Å². The van der Waals surface area contributed by atoms with E-state index in [-0.39, 0.29) is 12.1 Å². The number of amides is 2. The number of nitrogens with one attached hydrogen (secondary N) is 1. The Hall–Kier alpha value is -2.04. The molecule has 0 radical (unpaired) electrons. The standard InChI is InChI=1S/C19H24N2O3/c22-18(23)16-7-8-21(11-16)19(24)20-17-14-5-6-15(17)10-13-4-2-1-3-12(13)9-14/h1-4,14-17H,5-11H2,(H,20,24)(H,22,23). The highest BCUT2D eigenvalue weighted by Crippen LogP contribution is 2.40. The first-order valence-corrected chi connectivity index (χ1v) is 8.97. The number of fused-ring (bicyclic) bond motifs is 3. The van der Waals surface area contributed by atoms with Gasteiger partial charge in [0.05, 0.1) is 5.92 Å². The number of urea groups is 1. The number of carbonyl (C=O) groups excluding carboxylic acids is 1. The van der Waals surface area contributed by atoms with Crippen LogP contribution in [-0.2, 0) is 17.6 Å². The fourth-order valence-corrected chi connectivity index (χ4v) is 4.77. The van der Waals surface area contributed by atoms with Crippen LogP contribution in [0.4, 0.5) is 4.79 Å². The van der Waals surface area contributed by atoms with Crippen molar-refractivity contribution >= 4 is 12.0 Å². The number of carbonyl (C=O) groups is 2.